The molecule has 0 saturated heterocycles. The standard InChI is InChI=1S/C9H7Cl2N/c10-7-4-6-12-5-2-1-3-8(12)9(7)11/h1-5H,6H2. The zero-order valence-corrected chi connectivity index (χ0v) is 7.81. The van der Waals surface area contributed by atoms with Gasteiger partial charge in [-0.3, -0.25) is 0 Å². The molecule has 3 heteroatoms. The predicted octanol–water partition coefficient (Wildman–Crippen LogP) is 2.96. The summed E-state index contributed by atoms with van der Waals surface area (Å²) >= 11 is 11.9. The van der Waals surface area contributed by atoms with Crippen LogP contribution in [0.1, 0.15) is 0 Å². The Bertz CT molecular complexity index is 323. The molecule has 0 saturated carbocycles. The van der Waals surface area contributed by atoms with E-state index in [1.54, 1.807) is 0 Å². The Morgan fingerprint density at radius 3 is 2.92 bits per heavy atom. The van der Waals surface area contributed by atoms with Gasteiger partial charge in [-0.1, -0.05) is 29.3 Å². The molecular weight excluding hydrogens is 193 g/mol. The Labute approximate surface area is 81.3 Å². The summed E-state index contributed by atoms with van der Waals surface area (Å²) in [4.78, 5) is 2.05. The van der Waals surface area contributed by atoms with Gasteiger partial charge in [0.2, 0.25) is 0 Å². The lowest BCUT2D eigenvalue weighted by molar-refractivity contribution is 0.520. The topological polar surface area (TPSA) is 3.24 Å². The first-order valence-corrected chi connectivity index (χ1v) is 4.42. The van der Waals surface area contributed by atoms with Crippen LogP contribution in [0.3, 0.4) is 0 Å². The van der Waals surface area contributed by atoms with E-state index in [4.69, 9.17) is 23.2 Å². The van der Waals surface area contributed by atoms with E-state index in [1.165, 1.54) is 0 Å². The smallest absolute Gasteiger partial charge is 0.0826 e. The van der Waals surface area contributed by atoms with Crippen molar-refractivity contribution in [2.24, 2.45) is 0 Å². The first kappa shape index (κ1) is 7.96. The minimum atomic E-state index is 0.628. The van der Waals surface area contributed by atoms with Gasteiger partial charge in [0.25, 0.3) is 0 Å². The summed E-state index contributed by atoms with van der Waals surface area (Å²) in [6, 6.07) is 0. The van der Waals surface area contributed by atoms with Crippen molar-refractivity contribution in [3.05, 3.63) is 46.3 Å². The summed E-state index contributed by atoms with van der Waals surface area (Å²) in [5.74, 6) is 0. The van der Waals surface area contributed by atoms with Gasteiger partial charge in [0, 0.05) is 12.7 Å². The van der Waals surface area contributed by atoms with Crippen LogP contribution < -0.4 is 0 Å². The minimum absolute atomic E-state index is 0.628. The average Bonchev–Trinajstić information content (AvgIpc) is 2.12. The molecule has 2 heterocycles. The van der Waals surface area contributed by atoms with Gasteiger partial charge in [0.1, 0.15) is 0 Å². The fraction of sp³-hybridized carbons (Fsp3) is 0.111. The second-order valence-corrected chi connectivity index (χ2v) is 3.39. The van der Waals surface area contributed by atoms with Gasteiger partial charge in [-0.25, -0.2) is 0 Å². The SMILES string of the molecule is ClC1=CCN2C=CC=CC2=C1Cl. The Kier molecular flexibility index (Phi) is 1.99. The third kappa shape index (κ3) is 1.19. The maximum Gasteiger partial charge on any atom is 0.0826 e. The predicted molar refractivity (Wildman–Crippen MR) is 51.8 cm³/mol. The van der Waals surface area contributed by atoms with Gasteiger partial charge >= 0.3 is 0 Å². The van der Waals surface area contributed by atoms with Crippen molar-refractivity contribution in [3.63, 3.8) is 0 Å². The van der Waals surface area contributed by atoms with E-state index < -0.39 is 0 Å². The molecule has 12 heavy (non-hydrogen) atoms. The normalized spacial score (nSPS) is 21.2. The fourth-order valence-electron chi connectivity index (χ4n) is 1.23. The minimum Gasteiger partial charge on any atom is -0.343 e. The number of halogens is 2. The molecule has 0 fully saturated rings. The number of fused-ring (bicyclic) bond motifs is 1. The molecule has 0 aliphatic carbocycles. The summed E-state index contributed by atoms with van der Waals surface area (Å²) in [5.41, 5.74) is 0.978. The van der Waals surface area contributed by atoms with Crippen molar-refractivity contribution in [2.75, 3.05) is 6.54 Å². The van der Waals surface area contributed by atoms with Crippen molar-refractivity contribution in [2.45, 2.75) is 0 Å². The molecule has 0 bridgehead atoms. The summed E-state index contributed by atoms with van der Waals surface area (Å²) in [7, 11) is 0. The Hall–Kier alpha value is -0.660. The molecule has 0 N–H and O–H groups in total. The first-order chi connectivity index (χ1) is 5.79. The molecule has 1 nitrogen and oxygen atoms in total. The van der Waals surface area contributed by atoms with Gasteiger partial charge in [-0.2, -0.15) is 0 Å². The molecule has 0 aromatic rings. The highest BCUT2D eigenvalue weighted by Crippen LogP contribution is 2.31. The second-order valence-electron chi connectivity index (χ2n) is 2.60. The lowest BCUT2D eigenvalue weighted by Crippen LogP contribution is -2.21. The molecule has 2 aliphatic rings. The van der Waals surface area contributed by atoms with E-state index in [1.807, 2.05) is 35.4 Å². The van der Waals surface area contributed by atoms with Gasteiger partial charge in [0.05, 0.1) is 15.8 Å². The average molecular weight is 200 g/mol. The molecule has 0 spiro atoms. The van der Waals surface area contributed by atoms with E-state index in [0.29, 0.717) is 10.1 Å². The van der Waals surface area contributed by atoms with Crippen molar-refractivity contribution in [3.8, 4) is 0 Å². The van der Waals surface area contributed by atoms with Crippen molar-refractivity contribution >= 4 is 23.2 Å². The summed E-state index contributed by atoms with van der Waals surface area (Å²) < 4.78 is 0. The van der Waals surface area contributed by atoms with Crippen molar-refractivity contribution < 1.29 is 0 Å². The van der Waals surface area contributed by atoms with Gasteiger partial charge < -0.3 is 4.90 Å². The Morgan fingerprint density at radius 1 is 1.25 bits per heavy atom. The Balaban J connectivity index is 2.45. The molecule has 0 amide bonds. The highest BCUT2D eigenvalue weighted by molar-refractivity contribution is 6.44. The molecule has 2 rings (SSSR count). The van der Waals surface area contributed by atoms with E-state index in [0.717, 1.165) is 12.2 Å². The molecule has 0 radical (unpaired) electrons. The largest absolute Gasteiger partial charge is 0.343 e. The van der Waals surface area contributed by atoms with Gasteiger partial charge in [0.15, 0.2) is 0 Å². The van der Waals surface area contributed by atoms with Crippen LogP contribution in [0.15, 0.2) is 46.3 Å². The molecular formula is C9H7Cl2N. The van der Waals surface area contributed by atoms with Crippen LogP contribution in [0, 0.1) is 0 Å². The summed E-state index contributed by atoms with van der Waals surface area (Å²) in [6.07, 6.45) is 9.76. The molecule has 0 aromatic carbocycles. The Morgan fingerprint density at radius 2 is 2.08 bits per heavy atom. The fourth-order valence-corrected chi connectivity index (χ4v) is 1.64. The molecule has 0 aromatic heterocycles. The quantitative estimate of drug-likeness (QED) is 0.581. The maximum atomic E-state index is 5.99. The highest BCUT2D eigenvalue weighted by Gasteiger charge is 2.16. The third-order valence-corrected chi connectivity index (χ3v) is 2.68. The number of hydrogen-bond donors (Lipinski definition) is 0. The van der Waals surface area contributed by atoms with Crippen LogP contribution in [0.25, 0.3) is 0 Å². The third-order valence-electron chi connectivity index (χ3n) is 1.84. The summed E-state index contributed by atoms with van der Waals surface area (Å²) in [6.45, 7) is 0.797. The monoisotopic (exact) mass is 199 g/mol. The zero-order chi connectivity index (χ0) is 8.55. The van der Waals surface area contributed by atoms with Gasteiger partial charge in [-0.05, 0) is 18.2 Å². The van der Waals surface area contributed by atoms with E-state index in [9.17, 15) is 0 Å². The molecule has 2 aliphatic heterocycles. The molecule has 0 unspecified atom stereocenters. The first-order valence-electron chi connectivity index (χ1n) is 3.66. The van der Waals surface area contributed by atoms with E-state index in [2.05, 4.69) is 0 Å². The number of nitrogens with zero attached hydrogens (tertiary/aromatic N) is 1. The van der Waals surface area contributed by atoms with Crippen LogP contribution >= 0.6 is 23.2 Å². The highest BCUT2D eigenvalue weighted by atomic mass is 35.5. The van der Waals surface area contributed by atoms with Crippen molar-refractivity contribution in [1.82, 2.24) is 4.90 Å². The van der Waals surface area contributed by atoms with Crippen LogP contribution in [-0.2, 0) is 0 Å². The zero-order valence-electron chi connectivity index (χ0n) is 6.30. The van der Waals surface area contributed by atoms with Crippen LogP contribution in [0.2, 0.25) is 0 Å². The summed E-state index contributed by atoms with van der Waals surface area (Å²) in [5, 5.41) is 1.27. The molecule has 62 valence electrons. The van der Waals surface area contributed by atoms with Crippen LogP contribution in [0.4, 0.5) is 0 Å². The van der Waals surface area contributed by atoms with Crippen LogP contribution in [0.5, 0.6) is 0 Å². The lowest BCUT2D eigenvalue weighted by atomic mass is 10.2. The van der Waals surface area contributed by atoms with Gasteiger partial charge in [-0.15, -0.1) is 0 Å². The second kappa shape index (κ2) is 3.00. The maximum absolute atomic E-state index is 5.99. The number of rotatable bonds is 0. The lowest BCUT2D eigenvalue weighted by Gasteiger charge is -2.26. The number of allylic oxidation sites excluding steroid dienone is 5. The van der Waals surface area contributed by atoms with Crippen LogP contribution in [-0.4, -0.2) is 11.4 Å². The van der Waals surface area contributed by atoms with E-state index >= 15 is 0 Å². The molecule has 0 atom stereocenters. The number of hydrogen-bond acceptors (Lipinski definition) is 1. The van der Waals surface area contributed by atoms with E-state index in [-0.39, 0.29) is 0 Å². The van der Waals surface area contributed by atoms with Crippen molar-refractivity contribution in [1.29, 1.82) is 0 Å².